The second-order valence-electron chi connectivity index (χ2n) is 9.69. The summed E-state index contributed by atoms with van der Waals surface area (Å²) in [6.07, 6.45) is 5.29. The molecule has 0 radical (unpaired) electrons. The highest BCUT2D eigenvalue weighted by atomic mass is 16.5. The summed E-state index contributed by atoms with van der Waals surface area (Å²) >= 11 is 0. The zero-order chi connectivity index (χ0) is 30.5. The first-order chi connectivity index (χ1) is 20.2. The van der Waals surface area contributed by atoms with E-state index in [2.05, 4.69) is 20.6 Å². The highest BCUT2D eigenvalue weighted by Crippen LogP contribution is 2.51. The molecule has 42 heavy (non-hydrogen) atoms. The van der Waals surface area contributed by atoms with Crippen LogP contribution in [0.3, 0.4) is 0 Å². The van der Waals surface area contributed by atoms with Crippen molar-refractivity contribution in [1.29, 1.82) is 0 Å². The molecule has 0 fully saturated rings. The molecule has 2 atom stereocenters. The van der Waals surface area contributed by atoms with Crippen LogP contribution in [-0.4, -0.2) is 62.1 Å². The molecule has 2 aromatic rings. The number of ether oxygens (including phenoxy) is 2. The highest BCUT2D eigenvalue weighted by molar-refractivity contribution is 5.92. The largest absolute Gasteiger partial charge is 0.508 e. The summed E-state index contributed by atoms with van der Waals surface area (Å²) in [5, 5.41) is 15.6. The Balaban J connectivity index is 1.76. The van der Waals surface area contributed by atoms with Crippen LogP contribution in [-0.2, 0) is 9.59 Å². The minimum Gasteiger partial charge on any atom is -0.508 e. The normalized spacial score (nSPS) is 15.4. The number of guanidine groups is 2. The van der Waals surface area contributed by atoms with Gasteiger partial charge in [-0.05, 0) is 67.2 Å². The van der Waals surface area contributed by atoms with E-state index in [0.717, 1.165) is 18.4 Å². The van der Waals surface area contributed by atoms with E-state index in [4.69, 9.17) is 32.4 Å². The number of nitrogens with one attached hydrogen (secondary N) is 2. The van der Waals surface area contributed by atoms with Crippen molar-refractivity contribution in [2.24, 2.45) is 32.9 Å². The van der Waals surface area contributed by atoms with Gasteiger partial charge in [-0.1, -0.05) is 12.1 Å². The van der Waals surface area contributed by atoms with Gasteiger partial charge in [0, 0.05) is 37.8 Å². The molecule has 1 aliphatic rings. The Bertz CT molecular complexity index is 1300. The lowest BCUT2D eigenvalue weighted by Crippen LogP contribution is -2.32. The molecule has 13 nitrogen and oxygen atoms in total. The van der Waals surface area contributed by atoms with Crippen molar-refractivity contribution in [2.75, 3.05) is 33.3 Å². The maximum Gasteiger partial charge on any atom is 0.243 e. The molecule has 0 aromatic heterocycles. The monoisotopic (exact) mass is 580 g/mol. The van der Waals surface area contributed by atoms with E-state index < -0.39 is 12.0 Å². The number of rotatable bonds is 15. The van der Waals surface area contributed by atoms with Crippen LogP contribution in [0.2, 0.25) is 0 Å². The van der Waals surface area contributed by atoms with Crippen molar-refractivity contribution in [1.82, 2.24) is 10.6 Å². The van der Waals surface area contributed by atoms with E-state index in [9.17, 15) is 14.7 Å². The van der Waals surface area contributed by atoms with Gasteiger partial charge in [-0.3, -0.25) is 19.6 Å². The van der Waals surface area contributed by atoms with Crippen LogP contribution < -0.4 is 43.0 Å². The molecule has 1 heterocycles. The van der Waals surface area contributed by atoms with Gasteiger partial charge in [0.05, 0.1) is 7.11 Å². The smallest absolute Gasteiger partial charge is 0.243 e. The van der Waals surface area contributed by atoms with Gasteiger partial charge in [0.2, 0.25) is 11.8 Å². The van der Waals surface area contributed by atoms with Gasteiger partial charge in [0.15, 0.2) is 23.4 Å². The van der Waals surface area contributed by atoms with Crippen molar-refractivity contribution in [3.63, 3.8) is 0 Å². The number of methoxy groups -OCH3 is 1. The number of carbonyl (C=O) groups is 2. The number of hydrogen-bond donors (Lipinski definition) is 7. The molecular formula is C29H40N8O5. The zero-order valence-electron chi connectivity index (χ0n) is 23.7. The van der Waals surface area contributed by atoms with Crippen LogP contribution in [0.5, 0.6) is 17.2 Å². The van der Waals surface area contributed by atoms with E-state index >= 15 is 0 Å². The summed E-state index contributed by atoms with van der Waals surface area (Å²) in [5.74, 6) is -0.122. The van der Waals surface area contributed by atoms with Gasteiger partial charge in [0.25, 0.3) is 0 Å². The molecule has 0 unspecified atom stereocenters. The molecule has 226 valence electrons. The Labute approximate surface area is 245 Å². The minimum absolute atomic E-state index is 0.0336. The number of phenolic OH excluding ortho intramolecular Hbond substituents is 1. The molecule has 1 aliphatic heterocycles. The third-order valence-electron chi connectivity index (χ3n) is 6.50. The molecule has 0 saturated carbocycles. The van der Waals surface area contributed by atoms with Crippen LogP contribution in [0, 0.1) is 0 Å². The Morgan fingerprint density at radius 1 is 0.952 bits per heavy atom. The first-order valence-electron chi connectivity index (χ1n) is 13.7. The van der Waals surface area contributed by atoms with E-state index in [-0.39, 0.29) is 29.5 Å². The van der Waals surface area contributed by atoms with E-state index in [0.29, 0.717) is 61.6 Å². The van der Waals surface area contributed by atoms with Crippen LogP contribution in [0.1, 0.15) is 54.4 Å². The molecule has 0 bridgehead atoms. The third kappa shape index (κ3) is 9.32. The second kappa shape index (κ2) is 15.7. The summed E-state index contributed by atoms with van der Waals surface area (Å²) in [4.78, 5) is 33.8. The highest BCUT2D eigenvalue weighted by Gasteiger charge is 2.42. The summed E-state index contributed by atoms with van der Waals surface area (Å²) in [6, 6.07) is 10.1. The second-order valence-corrected chi connectivity index (χ2v) is 9.69. The number of aromatic hydroxyl groups is 1. The number of carbonyl (C=O) groups excluding carboxylic acids is 2. The summed E-state index contributed by atoms with van der Waals surface area (Å²) in [5.41, 5.74) is 23.4. The van der Waals surface area contributed by atoms with Crippen LogP contribution in [0.15, 0.2) is 52.5 Å². The molecule has 11 N–H and O–H groups in total. The first kappa shape index (κ1) is 31.6. The number of phenols is 1. The van der Waals surface area contributed by atoms with Crippen LogP contribution in [0.25, 0.3) is 6.08 Å². The van der Waals surface area contributed by atoms with E-state index in [1.165, 1.54) is 13.2 Å². The van der Waals surface area contributed by atoms with Gasteiger partial charge in [0.1, 0.15) is 17.8 Å². The predicted molar refractivity (Wildman–Crippen MR) is 162 cm³/mol. The number of nitrogens with two attached hydrogens (primary N) is 4. The van der Waals surface area contributed by atoms with Gasteiger partial charge < -0.3 is 48.1 Å². The topological polar surface area (TPSA) is 226 Å². The fourth-order valence-electron chi connectivity index (χ4n) is 4.47. The number of benzene rings is 2. The molecule has 3 rings (SSSR count). The van der Waals surface area contributed by atoms with E-state index in [1.54, 1.807) is 36.4 Å². The van der Waals surface area contributed by atoms with E-state index in [1.807, 2.05) is 6.07 Å². The minimum atomic E-state index is -0.705. The third-order valence-corrected chi connectivity index (χ3v) is 6.50. The standard InChI is InChI=1S/C29H40N8O5/c1-41-22-17-18(6-11-23(39)34-12-2-4-14-36-28(30)31)16-21-24(27(40)35-13-3-5-15-37-29(32)33)25(42-26(21)22)19-7-9-20(38)10-8-19/h6-11,16-17,24-25,38H,2-5,12-15H2,1H3,(H,34,39)(H,35,40)(H4,30,31,36)(H4,32,33,37)/t24-,25+/m1/s1. The van der Waals surface area contributed by atoms with Crippen molar-refractivity contribution in [3.05, 3.63) is 59.2 Å². The van der Waals surface area contributed by atoms with Crippen molar-refractivity contribution in [3.8, 4) is 17.2 Å². The lowest BCUT2D eigenvalue weighted by atomic mass is 9.89. The van der Waals surface area contributed by atoms with Gasteiger partial charge in [-0.2, -0.15) is 0 Å². The molecule has 2 amide bonds. The quantitative estimate of drug-likeness (QED) is 0.0688. The molecule has 13 heteroatoms. The SMILES string of the molecule is COc1cc(C=CC(=O)NCCCCN=C(N)N)cc2c1O[C@@H](c1ccc(O)cc1)[C@@H]2C(=O)NCCCCN=C(N)N. The predicted octanol–water partition coefficient (Wildman–Crippen LogP) is 0.971. The lowest BCUT2D eigenvalue weighted by Gasteiger charge is -2.19. The average molecular weight is 581 g/mol. The first-order valence-corrected chi connectivity index (χ1v) is 13.7. The van der Waals surface area contributed by atoms with Crippen molar-refractivity contribution < 1.29 is 24.2 Å². The van der Waals surface area contributed by atoms with Gasteiger partial charge in [-0.25, -0.2) is 0 Å². The number of nitrogens with zero attached hydrogens (tertiary/aromatic N) is 2. The van der Waals surface area contributed by atoms with Crippen molar-refractivity contribution in [2.45, 2.75) is 37.7 Å². The van der Waals surface area contributed by atoms with Crippen LogP contribution >= 0.6 is 0 Å². The maximum absolute atomic E-state index is 13.6. The number of unbranched alkanes of at least 4 members (excludes halogenated alkanes) is 2. The molecule has 0 aliphatic carbocycles. The number of hydrogen-bond acceptors (Lipinski definition) is 7. The van der Waals surface area contributed by atoms with Crippen molar-refractivity contribution >= 4 is 29.8 Å². The van der Waals surface area contributed by atoms with Gasteiger partial charge >= 0.3 is 0 Å². The Hall–Kier alpha value is -4.94. The molecule has 2 aromatic carbocycles. The fourth-order valence-corrected chi connectivity index (χ4v) is 4.47. The Morgan fingerprint density at radius 2 is 1.57 bits per heavy atom. The number of fused-ring (bicyclic) bond motifs is 1. The van der Waals surface area contributed by atoms with Crippen LogP contribution in [0.4, 0.5) is 0 Å². The summed E-state index contributed by atoms with van der Waals surface area (Å²) in [6.45, 7) is 1.88. The Kier molecular flexibility index (Phi) is 11.8. The number of amides is 2. The lowest BCUT2D eigenvalue weighted by molar-refractivity contribution is -0.124. The number of aliphatic imine (C=N–C) groups is 2. The summed E-state index contributed by atoms with van der Waals surface area (Å²) < 4.78 is 11.9. The van der Waals surface area contributed by atoms with Gasteiger partial charge in [-0.15, -0.1) is 0 Å². The maximum atomic E-state index is 13.6. The Morgan fingerprint density at radius 3 is 2.17 bits per heavy atom. The summed E-state index contributed by atoms with van der Waals surface area (Å²) in [7, 11) is 1.51. The molecule has 0 spiro atoms. The zero-order valence-corrected chi connectivity index (χ0v) is 23.7. The molecule has 0 saturated heterocycles. The fraction of sp³-hybridized carbons (Fsp3) is 0.379. The average Bonchev–Trinajstić information content (AvgIpc) is 3.34. The molecular weight excluding hydrogens is 540 g/mol.